The van der Waals surface area contributed by atoms with Gasteiger partial charge < -0.3 is 10.2 Å². The van der Waals surface area contributed by atoms with E-state index in [1.165, 1.54) is 19.0 Å². The van der Waals surface area contributed by atoms with E-state index in [-0.39, 0.29) is 18.5 Å². The van der Waals surface area contributed by atoms with Gasteiger partial charge in [-0.25, -0.2) is 4.31 Å². The van der Waals surface area contributed by atoms with Crippen molar-refractivity contribution in [2.75, 3.05) is 24.9 Å². The number of hydrogen-bond donors (Lipinski definition) is 1. The van der Waals surface area contributed by atoms with Crippen molar-refractivity contribution < 1.29 is 18.0 Å². The van der Waals surface area contributed by atoms with Crippen LogP contribution in [0.25, 0.3) is 0 Å². The van der Waals surface area contributed by atoms with Crippen LogP contribution in [0.5, 0.6) is 0 Å². The van der Waals surface area contributed by atoms with Gasteiger partial charge in [-0.05, 0) is 49.6 Å². The molecule has 2 aromatic carbocycles. The van der Waals surface area contributed by atoms with Crippen molar-refractivity contribution in [3.05, 3.63) is 65.2 Å². The summed E-state index contributed by atoms with van der Waals surface area (Å²) in [4.78, 5) is 28.3. The van der Waals surface area contributed by atoms with Crippen LogP contribution in [0.3, 0.4) is 0 Å². The fraction of sp³-hybridized carbons (Fsp3) is 0.440. The summed E-state index contributed by atoms with van der Waals surface area (Å²) in [6.07, 6.45) is 1.11. The van der Waals surface area contributed by atoms with Crippen LogP contribution in [0.4, 0.5) is 5.69 Å². The molecule has 0 aliphatic carbocycles. The molecule has 192 valence electrons. The first-order valence-corrected chi connectivity index (χ1v) is 13.4. The molecule has 0 bridgehead atoms. The van der Waals surface area contributed by atoms with Crippen molar-refractivity contribution >= 4 is 39.3 Å². The zero-order valence-corrected chi connectivity index (χ0v) is 22.5. The highest BCUT2D eigenvalue weighted by atomic mass is 35.5. The highest BCUT2D eigenvalue weighted by Gasteiger charge is 2.33. The van der Waals surface area contributed by atoms with Crippen molar-refractivity contribution in [3.8, 4) is 0 Å². The lowest BCUT2D eigenvalue weighted by atomic mass is 10.1. The molecule has 0 saturated heterocycles. The van der Waals surface area contributed by atoms with Crippen LogP contribution in [0.1, 0.15) is 39.2 Å². The summed E-state index contributed by atoms with van der Waals surface area (Å²) in [6, 6.07) is 14.6. The normalized spacial score (nSPS) is 13.2. The second kappa shape index (κ2) is 12.9. The average molecular weight is 523 g/mol. The molecule has 2 rings (SSSR count). The topological polar surface area (TPSA) is 90.0 Å². The predicted octanol–water partition coefficient (Wildman–Crippen LogP) is 3.67. The number of nitrogens with one attached hydrogen (secondary N) is 1. The predicted molar refractivity (Wildman–Crippen MR) is 140 cm³/mol. The molecule has 0 radical (unpaired) electrons. The van der Waals surface area contributed by atoms with E-state index in [4.69, 9.17) is 11.6 Å². The summed E-state index contributed by atoms with van der Waals surface area (Å²) in [5.74, 6) is -0.758. The highest BCUT2D eigenvalue weighted by molar-refractivity contribution is 7.90. The number of rotatable bonds is 12. The van der Waals surface area contributed by atoms with Crippen molar-refractivity contribution in [2.45, 2.75) is 52.2 Å². The molecule has 2 aromatic rings. The third kappa shape index (κ3) is 7.68. The zero-order valence-electron chi connectivity index (χ0n) is 20.9. The molecule has 2 atom stereocenters. The smallest absolute Gasteiger partial charge is 0.304 e. The number of amides is 2. The Morgan fingerprint density at radius 1 is 0.971 bits per heavy atom. The minimum absolute atomic E-state index is 0.0565. The number of carbonyl (C=O) groups excluding carboxylic acids is 2. The molecule has 0 unspecified atom stereocenters. The molecule has 0 aromatic heterocycles. The molecule has 0 aliphatic heterocycles. The molecule has 35 heavy (non-hydrogen) atoms. The molecule has 0 heterocycles. The van der Waals surface area contributed by atoms with Gasteiger partial charge in [-0.1, -0.05) is 55.8 Å². The lowest BCUT2D eigenvalue weighted by molar-refractivity contribution is -0.140. The largest absolute Gasteiger partial charge is 0.352 e. The number of hydrogen-bond acceptors (Lipinski definition) is 4. The number of benzene rings is 2. The Morgan fingerprint density at radius 3 is 2.09 bits per heavy atom. The lowest BCUT2D eigenvalue weighted by Gasteiger charge is -2.34. The zero-order chi connectivity index (χ0) is 26.2. The Kier molecular flexibility index (Phi) is 10.5. The fourth-order valence-electron chi connectivity index (χ4n) is 3.46. The van der Waals surface area contributed by atoms with E-state index in [9.17, 15) is 18.0 Å². The van der Waals surface area contributed by atoms with Crippen LogP contribution in [0, 0.1) is 0 Å². The maximum absolute atomic E-state index is 13.7. The van der Waals surface area contributed by atoms with E-state index in [1.807, 2.05) is 20.8 Å². The molecule has 8 nitrogen and oxygen atoms in total. The second-order valence-corrected chi connectivity index (χ2v) is 11.0. The first-order chi connectivity index (χ1) is 16.5. The van der Waals surface area contributed by atoms with Crippen molar-refractivity contribution in [2.24, 2.45) is 0 Å². The highest BCUT2D eigenvalue weighted by Crippen LogP contribution is 2.21. The number of halogens is 1. The monoisotopic (exact) mass is 522 g/mol. The quantitative estimate of drug-likeness (QED) is 0.460. The molecule has 2 amide bonds. The molecule has 0 spiro atoms. The van der Waals surface area contributed by atoms with Gasteiger partial charge in [0, 0.05) is 31.7 Å². The summed E-state index contributed by atoms with van der Waals surface area (Å²) in [7, 11) is -1.15. The van der Waals surface area contributed by atoms with E-state index >= 15 is 0 Å². The average Bonchev–Trinajstić information content (AvgIpc) is 2.83. The molecule has 0 saturated carbocycles. The van der Waals surface area contributed by atoms with E-state index in [2.05, 4.69) is 5.32 Å². The summed E-state index contributed by atoms with van der Waals surface area (Å²) in [5.41, 5.74) is 1.14. The van der Waals surface area contributed by atoms with Crippen LogP contribution in [-0.2, 0) is 26.3 Å². The van der Waals surface area contributed by atoms with Crippen molar-refractivity contribution in [3.63, 3.8) is 0 Å². The van der Waals surface area contributed by atoms with Gasteiger partial charge in [0.1, 0.15) is 12.6 Å². The molecule has 0 fully saturated rings. The molecule has 10 heteroatoms. The van der Waals surface area contributed by atoms with Gasteiger partial charge >= 0.3 is 10.2 Å². The van der Waals surface area contributed by atoms with Gasteiger partial charge in [0.15, 0.2) is 0 Å². The van der Waals surface area contributed by atoms with Gasteiger partial charge in [0.25, 0.3) is 0 Å². The third-order valence-electron chi connectivity index (χ3n) is 5.72. The second-order valence-electron chi connectivity index (χ2n) is 8.52. The van der Waals surface area contributed by atoms with Crippen LogP contribution in [0.15, 0.2) is 54.6 Å². The Bertz CT molecular complexity index is 1080. The summed E-state index contributed by atoms with van der Waals surface area (Å²) in [5, 5.41) is 3.51. The Hall–Kier alpha value is -2.62. The van der Waals surface area contributed by atoms with E-state index in [0.29, 0.717) is 17.1 Å². The van der Waals surface area contributed by atoms with Gasteiger partial charge in [0.2, 0.25) is 11.8 Å². The summed E-state index contributed by atoms with van der Waals surface area (Å²) < 4.78 is 28.4. The van der Waals surface area contributed by atoms with Crippen LogP contribution in [-0.4, -0.2) is 62.2 Å². The third-order valence-corrected chi connectivity index (χ3v) is 7.79. The first-order valence-electron chi connectivity index (χ1n) is 11.6. The molecular formula is C25H35ClN4O4S. The lowest BCUT2D eigenvalue weighted by Crippen LogP contribution is -2.54. The van der Waals surface area contributed by atoms with Gasteiger partial charge in [-0.15, -0.1) is 0 Å². The van der Waals surface area contributed by atoms with Crippen LogP contribution in [0.2, 0.25) is 5.02 Å². The molecule has 0 aliphatic rings. The Morgan fingerprint density at radius 2 is 1.57 bits per heavy atom. The molecular weight excluding hydrogens is 488 g/mol. The minimum atomic E-state index is -3.97. The minimum Gasteiger partial charge on any atom is -0.352 e. The van der Waals surface area contributed by atoms with Crippen LogP contribution < -0.4 is 9.62 Å². The maximum atomic E-state index is 13.7. The van der Waals surface area contributed by atoms with E-state index < -0.39 is 28.7 Å². The van der Waals surface area contributed by atoms with Crippen LogP contribution >= 0.6 is 11.6 Å². The number of nitrogens with zero attached hydrogens (tertiary/aromatic N) is 3. The number of anilines is 1. The SMILES string of the molecule is CC[C@@H](C)NC(=O)[C@@H](CC)N(Cc1ccc(Cl)cc1)C(=O)CN(c1ccccc1)S(=O)(=O)N(C)C. The maximum Gasteiger partial charge on any atom is 0.304 e. The Balaban J connectivity index is 2.46. The van der Waals surface area contributed by atoms with E-state index in [0.717, 1.165) is 20.6 Å². The standard InChI is InChI=1S/C25H35ClN4O4S/c1-6-19(3)27-25(32)23(7-2)29(17-20-13-15-21(26)16-14-20)24(31)18-30(35(33,34)28(4)5)22-11-9-8-10-12-22/h8-16,19,23H,6-7,17-18H2,1-5H3,(H,27,32)/t19-,23-/m1/s1. The van der Waals surface area contributed by atoms with E-state index in [1.54, 1.807) is 54.6 Å². The summed E-state index contributed by atoms with van der Waals surface area (Å²) >= 11 is 6.02. The number of para-hydroxylation sites is 1. The first kappa shape index (κ1) is 28.6. The fourth-order valence-corrected chi connectivity index (χ4v) is 4.64. The van der Waals surface area contributed by atoms with Crippen molar-refractivity contribution in [1.82, 2.24) is 14.5 Å². The van der Waals surface area contributed by atoms with Gasteiger partial charge in [-0.2, -0.15) is 12.7 Å². The summed E-state index contributed by atoms with van der Waals surface area (Å²) in [6.45, 7) is 5.37. The van der Waals surface area contributed by atoms with Crippen molar-refractivity contribution in [1.29, 1.82) is 0 Å². The Labute approximate surface area is 214 Å². The molecule has 1 N–H and O–H groups in total. The van der Waals surface area contributed by atoms with Gasteiger partial charge in [0.05, 0.1) is 5.69 Å². The van der Waals surface area contributed by atoms with Gasteiger partial charge in [-0.3, -0.25) is 9.59 Å². The number of carbonyl (C=O) groups is 2.